The van der Waals surface area contributed by atoms with Crippen molar-refractivity contribution in [2.75, 3.05) is 7.11 Å². The highest BCUT2D eigenvalue weighted by atomic mass is 16.5. The standard InChI is InChI=1S/C14H12N4O2/c1-18-8-17-11-9(4-3-5-10(11)18)12-13(14(19)20-2)16-7-6-15-12/h3-8H,1-2H3. The summed E-state index contributed by atoms with van der Waals surface area (Å²) < 4.78 is 6.66. The molecule has 0 aliphatic heterocycles. The number of hydrogen-bond acceptors (Lipinski definition) is 5. The molecule has 0 aliphatic carbocycles. The van der Waals surface area contributed by atoms with E-state index in [0.717, 1.165) is 16.6 Å². The van der Waals surface area contributed by atoms with Crippen LogP contribution in [0.5, 0.6) is 0 Å². The van der Waals surface area contributed by atoms with Gasteiger partial charge in [0.1, 0.15) is 5.69 Å². The number of methoxy groups -OCH3 is 1. The zero-order valence-electron chi connectivity index (χ0n) is 11.1. The number of imidazole rings is 1. The van der Waals surface area contributed by atoms with Gasteiger partial charge in [-0.2, -0.15) is 0 Å². The highest BCUT2D eigenvalue weighted by Crippen LogP contribution is 2.27. The number of aromatic nitrogens is 4. The van der Waals surface area contributed by atoms with Gasteiger partial charge in [0.2, 0.25) is 0 Å². The van der Waals surface area contributed by atoms with Gasteiger partial charge in [-0.05, 0) is 6.07 Å². The van der Waals surface area contributed by atoms with Gasteiger partial charge in [-0.1, -0.05) is 12.1 Å². The summed E-state index contributed by atoms with van der Waals surface area (Å²) in [5.74, 6) is -0.513. The van der Waals surface area contributed by atoms with E-state index in [2.05, 4.69) is 15.0 Å². The van der Waals surface area contributed by atoms with Crippen molar-refractivity contribution >= 4 is 17.0 Å². The summed E-state index contributed by atoms with van der Waals surface area (Å²) in [6.07, 6.45) is 4.74. The van der Waals surface area contributed by atoms with E-state index in [1.54, 1.807) is 12.5 Å². The van der Waals surface area contributed by atoms with Gasteiger partial charge in [-0.25, -0.2) is 14.8 Å². The average Bonchev–Trinajstić information content (AvgIpc) is 2.88. The Balaban J connectivity index is 2.29. The van der Waals surface area contributed by atoms with Gasteiger partial charge in [0.05, 0.1) is 24.5 Å². The van der Waals surface area contributed by atoms with E-state index in [-0.39, 0.29) is 5.69 Å². The molecule has 0 atom stereocenters. The van der Waals surface area contributed by atoms with Crippen molar-refractivity contribution in [3.8, 4) is 11.3 Å². The molecular formula is C14H12N4O2. The van der Waals surface area contributed by atoms with Crippen LogP contribution in [-0.2, 0) is 11.8 Å². The molecule has 0 radical (unpaired) electrons. The van der Waals surface area contributed by atoms with Crippen LogP contribution in [0.1, 0.15) is 10.5 Å². The molecule has 0 saturated heterocycles. The Morgan fingerprint density at radius 3 is 2.80 bits per heavy atom. The van der Waals surface area contributed by atoms with Gasteiger partial charge in [0.15, 0.2) is 5.69 Å². The van der Waals surface area contributed by atoms with Crippen LogP contribution in [0.2, 0.25) is 0 Å². The molecule has 0 N–H and O–H groups in total. The summed E-state index contributed by atoms with van der Waals surface area (Å²) in [7, 11) is 3.24. The topological polar surface area (TPSA) is 69.9 Å². The second kappa shape index (κ2) is 4.73. The van der Waals surface area contributed by atoms with Crippen molar-refractivity contribution < 1.29 is 9.53 Å². The molecule has 0 bridgehead atoms. The molecular weight excluding hydrogens is 256 g/mol. The maximum Gasteiger partial charge on any atom is 0.358 e. The predicted octanol–water partition coefficient (Wildman–Crippen LogP) is 1.82. The Morgan fingerprint density at radius 1 is 1.20 bits per heavy atom. The average molecular weight is 268 g/mol. The van der Waals surface area contributed by atoms with E-state index in [9.17, 15) is 4.79 Å². The Bertz CT molecular complexity index is 795. The van der Waals surface area contributed by atoms with E-state index < -0.39 is 5.97 Å². The van der Waals surface area contributed by atoms with Crippen molar-refractivity contribution in [2.24, 2.45) is 7.05 Å². The van der Waals surface area contributed by atoms with Crippen molar-refractivity contribution in [2.45, 2.75) is 0 Å². The Kier molecular flexibility index (Phi) is 2.90. The Hall–Kier alpha value is -2.76. The summed E-state index contributed by atoms with van der Waals surface area (Å²) in [5.41, 5.74) is 3.16. The summed E-state index contributed by atoms with van der Waals surface area (Å²) in [4.78, 5) is 24.5. The number of benzene rings is 1. The molecule has 20 heavy (non-hydrogen) atoms. The minimum absolute atomic E-state index is 0.188. The number of aryl methyl sites for hydroxylation is 1. The van der Waals surface area contributed by atoms with Crippen molar-refractivity contribution in [1.29, 1.82) is 0 Å². The molecule has 6 nitrogen and oxygen atoms in total. The van der Waals surface area contributed by atoms with Crippen molar-refractivity contribution in [3.05, 3.63) is 42.6 Å². The van der Waals surface area contributed by atoms with E-state index in [0.29, 0.717) is 5.69 Å². The summed E-state index contributed by atoms with van der Waals surface area (Å²) in [5, 5.41) is 0. The van der Waals surface area contributed by atoms with Crippen LogP contribution in [0.15, 0.2) is 36.9 Å². The summed E-state index contributed by atoms with van der Waals surface area (Å²) in [6.45, 7) is 0. The molecule has 0 aliphatic rings. The second-order valence-corrected chi connectivity index (χ2v) is 4.27. The normalized spacial score (nSPS) is 10.7. The first-order valence-corrected chi connectivity index (χ1v) is 6.02. The molecule has 0 unspecified atom stereocenters. The van der Waals surface area contributed by atoms with Gasteiger partial charge >= 0.3 is 5.97 Å². The van der Waals surface area contributed by atoms with E-state index in [4.69, 9.17) is 4.74 Å². The number of carbonyl (C=O) groups is 1. The quantitative estimate of drug-likeness (QED) is 0.663. The fourth-order valence-electron chi connectivity index (χ4n) is 2.13. The monoisotopic (exact) mass is 268 g/mol. The third-order valence-electron chi connectivity index (χ3n) is 3.09. The number of ether oxygens (including phenoxy) is 1. The highest BCUT2D eigenvalue weighted by Gasteiger charge is 2.18. The molecule has 0 spiro atoms. The van der Waals surface area contributed by atoms with E-state index in [1.165, 1.54) is 13.3 Å². The molecule has 2 aromatic heterocycles. The van der Waals surface area contributed by atoms with Crippen LogP contribution < -0.4 is 0 Å². The first-order chi connectivity index (χ1) is 9.72. The van der Waals surface area contributed by atoms with Crippen LogP contribution in [0.4, 0.5) is 0 Å². The molecule has 0 amide bonds. The number of esters is 1. The molecule has 2 heterocycles. The maximum absolute atomic E-state index is 11.8. The van der Waals surface area contributed by atoms with Crippen LogP contribution in [0.25, 0.3) is 22.3 Å². The van der Waals surface area contributed by atoms with Crippen molar-refractivity contribution in [3.63, 3.8) is 0 Å². The third kappa shape index (κ3) is 1.82. The largest absolute Gasteiger partial charge is 0.464 e. The van der Waals surface area contributed by atoms with Crippen LogP contribution >= 0.6 is 0 Å². The zero-order valence-corrected chi connectivity index (χ0v) is 11.1. The first kappa shape index (κ1) is 12.3. The number of carbonyl (C=O) groups excluding carboxylic acids is 1. The number of para-hydroxylation sites is 1. The molecule has 6 heteroatoms. The third-order valence-corrected chi connectivity index (χ3v) is 3.09. The van der Waals surface area contributed by atoms with Crippen LogP contribution in [-0.4, -0.2) is 32.6 Å². The molecule has 0 saturated carbocycles. The number of nitrogens with zero attached hydrogens (tertiary/aromatic N) is 4. The molecule has 0 fully saturated rings. The van der Waals surface area contributed by atoms with Gasteiger partial charge in [0, 0.05) is 25.0 Å². The number of fused-ring (bicyclic) bond motifs is 1. The molecule has 1 aromatic carbocycles. The number of rotatable bonds is 2. The lowest BCUT2D eigenvalue weighted by Crippen LogP contribution is -2.07. The highest BCUT2D eigenvalue weighted by molar-refractivity contribution is 5.99. The van der Waals surface area contributed by atoms with Gasteiger partial charge < -0.3 is 9.30 Å². The fraction of sp³-hybridized carbons (Fsp3) is 0.143. The van der Waals surface area contributed by atoms with Crippen LogP contribution in [0, 0.1) is 0 Å². The van der Waals surface area contributed by atoms with Gasteiger partial charge in [0.25, 0.3) is 0 Å². The predicted molar refractivity (Wildman–Crippen MR) is 73.1 cm³/mol. The van der Waals surface area contributed by atoms with Gasteiger partial charge in [-0.3, -0.25) is 4.98 Å². The number of hydrogen-bond donors (Lipinski definition) is 0. The van der Waals surface area contributed by atoms with E-state index >= 15 is 0 Å². The maximum atomic E-state index is 11.8. The first-order valence-electron chi connectivity index (χ1n) is 6.02. The molecule has 3 aromatic rings. The lowest BCUT2D eigenvalue weighted by molar-refractivity contribution is 0.0594. The lowest BCUT2D eigenvalue weighted by Gasteiger charge is -2.06. The van der Waals surface area contributed by atoms with Gasteiger partial charge in [-0.15, -0.1) is 0 Å². The minimum atomic E-state index is -0.513. The Morgan fingerprint density at radius 2 is 2.00 bits per heavy atom. The zero-order chi connectivity index (χ0) is 14.1. The smallest absolute Gasteiger partial charge is 0.358 e. The fourth-order valence-corrected chi connectivity index (χ4v) is 2.13. The second-order valence-electron chi connectivity index (χ2n) is 4.27. The lowest BCUT2D eigenvalue weighted by atomic mass is 10.1. The minimum Gasteiger partial charge on any atom is -0.464 e. The summed E-state index contributed by atoms with van der Waals surface area (Å²) >= 11 is 0. The molecule has 100 valence electrons. The SMILES string of the molecule is COC(=O)c1nccnc1-c1cccc2c1ncn2C. The van der Waals surface area contributed by atoms with Crippen molar-refractivity contribution in [1.82, 2.24) is 19.5 Å². The van der Waals surface area contributed by atoms with E-state index in [1.807, 2.05) is 29.8 Å². The molecule has 3 rings (SSSR count). The van der Waals surface area contributed by atoms with Crippen LogP contribution in [0.3, 0.4) is 0 Å². The summed E-state index contributed by atoms with van der Waals surface area (Å²) in [6, 6.07) is 5.72. The Labute approximate surface area is 115 Å².